The van der Waals surface area contributed by atoms with Crippen molar-refractivity contribution in [1.29, 1.82) is 0 Å². The molecule has 0 spiro atoms. The zero-order chi connectivity index (χ0) is 14.7. The number of nitrogens with zero attached hydrogens (tertiary/aromatic N) is 2. The van der Waals surface area contributed by atoms with Gasteiger partial charge in [-0.15, -0.1) is 12.4 Å². The van der Waals surface area contributed by atoms with E-state index in [9.17, 15) is 13.6 Å². The maximum Gasteiger partial charge on any atom is 0.347 e. The van der Waals surface area contributed by atoms with Gasteiger partial charge < -0.3 is 5.73 Å². The molecule has 5 nitrogen and oxygen atoms in total. The molecule has 0 atom stereocenters. The van der Waals surface area contributed by atoms with E-state index in [-0.39, 0.29) is 31.1 Å². The van der Waals surface area contributed by atoms with E-state index in [1.165, 1.54) is 18.5 Å². The van der Waals surface area contributed by atoms with Gasteiger partial charge in [0.05, 0.1) is 12.0 Å². The number of rotatable bonds is 4. The fraction of sp³-hybridized carbons (Fsp3) is 0.167. The Labute approximate surface area is 133 Å². The molecule has 3 N–H and O–H groups in total. The van der Waals surface area contributed by atoms with Crippen LogP contribution in [0.25, 0.3) is 5.69 Å². The Morgan fingerprint density at radius 2 is 2.24 bits per heavy atom. The summed E-state index contributed by atoms with van der Waals surface area (Å²) in [6, 6.07) is 2.67. The Morgan fingerprint density at radius 3 is 2.76 bits per heavy atom. The van der Waals surface area contributed by atoms with Gasteiger partial charge in [-0.05, 0) is 29.7 Å². The van der Waals surface area contributed by atoms with Crippen molar-refractivity contribution < 1.29 is 8.78 Å². The van der Waals surface area contributed by atoms with E-state index < -0.39 is 11.5 Å². The summed E-state index contributed by atoms with van der Waals surface area (Å²) in [7, 11) is 0. The number of halogens is 4. The van der Waals surface area contributed by atoms with Crippen molar-refractivity contribution in [2.75, 3.05) is 6.54 Å². The molecule has 0 aliphatic carbocycles. The van der Waals surface area contributed by atoms with Crippen LogP contribution in [0.2, 0.25) is 0 Å². The molecule has 2 rings (SSSR count). The van der Waals surface area contributed by atoms with E-state index in [1.54, 1.807) is 0 Å². The summed E-state index contributed by atoms with van der Waals surface area (Å²) in [4.78, 5) is 11.5. The first kappa shape index (κ1) is 17.5. The minimum absolute atomic E-state index is 0. The van der Waals surface area contributed by atoms with Gasteiger partial charge in [-0.25, -0.2) is 23.2 Å². The molecule has 2 aromatic rings. The number of nitrogens with one attached hydrogen (secondary N) is 1. The second kappa shape index (κ2) is 7.48. The van der Waals surface area contributed by atoms with E-state index in [1.807, 2.05) is 0 Å². The Bertz CT molecular complexity index is 714. The summed E-state index contributed by atoms with van der Waals surface area (Å²) < 4.78 is 28.0. The molecule has 9 heteroatoms. The molecule has 0 radical (unpaired) electrons. The number of aromatic nitrogens is 3. The molecule has 0 aliphatic rings. The summed E-state index contributed by atoms with van der Waals surface area (Å²) in [5.41, 5.74) is 5.86. The molecule has 0 unspecified atom stereocenters. The molecule has 1 aromatic carbocycles. The minimum Gasteiger partial charge on any atom is -0.327 e. The Morgan fingerprint density at radius 1 is 1.52 bits per heavy atom. The van der Waals surface area contributed by atoms with Crippen molar-refractivity contribution in [3.8, 4) is 5.69 Å². The summed E-state index contributed by atoms with van der Waals surface area (Å²) >= 11 is 3.21. The van der Waals surface area contributed by atoms with Crippen LogP contribution in [-0.2, 0) is 6.42 Å². The smallest absolute Gasteiger partial charge is 0.327 e. The van der Waals surface area contributed by atoms with Crippen molar-refractivity contribution in [3.05, 3.63) is 56.7 Å². The van der Waals surface area contributed by atoms with Crippen molar-refractivity contribution >= 4 is 28.3 Å². The summed E-state index contributed by atoms with van der Waals surface area (Å²) in [5.74, 6) is -0.595. The quantitative estimate of drug-likeness (QED) is 0.853. The summed E-state index contributed by atoms with van der Waals surface area (Å²) in [6.45, 7) is 0.0569. The van der Waals surface area contributed by atoms with Crippen LogP contribution in [-0.4, -0.2) is 21.3 Å². The van der Waals surface area contributed by atoms with Gasteiger partial charge in [0.15, 0.2) is 0 Å². The van der Waals surface area contributed by atoms with E-state index in [2.05, 4.69) is 26.1 Å². The van der Waals surface area contributed by atoms with Crippen LogP contribution in [0.1, 0.15) is 5.56 Å². The molecule has 0 amide bonds. The van der Waals surface area contributed by atoms with Crippen molar-refractivity contribution in [2.45, 2.75) is 6.42 Å². The number of nitrogens with two attached hydrogens (primary N) is 1. The largest absolute Gasteiger partial charge is 0.347 e. The number of hydrogen-bond acceptors (Lipinski definition) is 3. The highest BCUT2D eigenvalue weighted by atomic mass is 79.9. The van der Waals surface area contributed by atoms with E-state index in [4.69, 9.17) is 5.73 Å². The van der Waals surface area contributed by atoms with Gasteiger partial charge in [-0.3, -0.25) is 0 Å². The van der Waals surface area contributed by atoms with Crippen LogP contribution in [0, 0.1) is 5.82 Å². The van der Waals surface area contributed by atoms with Gasteiger partial charge in [-0.1, -0.05) is 15.9 Å². The molecule has 1 heterocycles. The molecular weight excluding hydrogens is 370 g/mol. The van der Waals surface area contributed by atoms with Crippen LogP contribution in [0.4, 0.5) is 8.78 Å². The third-order valence-corrected chi connectivity index (χ3v) is 3.50. The second-order valence-electron chi connectivity index (χ2n) is 4.07. The fourth-order valence-corrected chi connectivity index (χ4v) is 2.18. The van der Waals surface area contributed by atoms with Crippen molar-refractivity contribution in [1.82, 2.24) is 14.8 Å². The molecule has 114 valence electrons. The number of benzene rings is 1. The van der Waals surface area contributed by atoms with Crippen LogP contribution in [0.5, 0.6) is 0 Å². The lowest BCUT2D eigenvalue weighted by Gasteiger charge is -2.10. The van der Waals surface area contributed by atoms with Crippen LogP contribution < -0.4 is 11.4 Å². The molecule has 21 heavy (non-hydrogen) atoms. The van der Waals surface area contributed by atoms with Gasteiger partial charge in [-0.2, -0.15) is 5.10 Å². The second-order valence-corrected chi connectivity index (χ2v) is 4.93. The Hall–Kier alpha value is -1.51. The zero-order valence-electron chi connectivity index (χ0n) is 10.6. The summed E-state index contributed by atoms with van der Waals surface area (Å²) in [6.07, 6.45) is 1.82. The van der Waals surface area contributed by atoms with E-state index in [0.29, 0.717) is 21.9 Å². The standard InChI is InChI=1S/C12H11BrF2N4O.ClH/c13-9-3-10(15)11(19-6-17-18-12(19)20)2-8(9)1-7(4-14)5-16;/h2-4,6H,1,5,16H2,(H,18,20);1H/b7-4-;. The van der Waals surface area contributed by atoms with Crippen molar-refractivity contribution in [3.63, 3.8) is 0 Å². The maximum atomic E-state index is 13.9. The Balaban J connectivity index is 0.00000220. The molecular formula is C12H12BrClF2N4O. The molecule has 0 aliphatic heterocycles. The lowest BCUT2D eigenvalue weighted by Crippen LogP contribution is -2.16. The molecule has 0 saturated carbocycles. The third kappa shape index (κ3) is 3.78. The Kier molecular flexibility index (Phi) is 6.25. The molecule has 0 saturated heterocycles. The van der Waals surface area contributed by atoms with Crippen LogP contribution >= 0.6 is 28.3 Å². The number of H-pyrrole nitrogens is 1. The minimum atomic E-state index is -0.595. The number of hydrogen-bond donors (Lipinski definition) is 2. The fourth-order valence-electron chi connectivity index (χ4n) is 1.72. The van der Waals surface area contributed by atoms with E-state index in [0.717, 1.165) is 4.57 Å². The average molecular weight is 382 g/mol. The molecule has 0 bridgehead atoms. The van der Waals surface area contributed by atoms with Gasteiger partial charge in [0, 0.05) is 11.0 Å². The first-order valence-corrected chi connectivity index (χ1v) is 6.44. The van der Waals surface area contributed by atoms with Gasteiger partial charge in [0.25, 0.3) is 0 Å². The highest BCUT2D eigenvalue weighted by Gasteiger charge is 2.13. The lowest BCUT2D eigenvalue weighted by molar-refractivity contribution is 0.614. The maximum absolute atomic E-state index is 13.9. The third-order valence-electron chi connectivity index (χ3n) is 2.76. The van der Waals surface area contributed by atoms with Crippen LogP contribution in [0.15, 0.2) is 39.6 Å². The van der Waals surface area contributed by atoms with Gasteiger partial charge in [0.1, 0.15) is 12.1 Å². The lowest BCUT2D eigenvalue weighted by atomic mass is 10.1. The van der Waals surface area contributed by atoms with E-state index >= 15 is 0 Å². The van der Waals surface area contributed by atoms with Gasteiger partial charge >= 0.3 is 5.69 Å². The topological polar surface area (TPSA) is 76.7 Å². The SMILES string of the molecule is Cl.NC/C(=C\F)Cc1cc(-n2cn[nH]c2=O)c(F)cc1Br. The normalized spacial score (nSPS) is 11.3. The van der Waals surface area contributed by atoms with Crippen molar-refractivity contribution in [2.24, 2.45) is 5.73 Å². The summed E-state index contributed by atoms with van der Waals surface area (Å²) in [5, 5.41) is 5.72. The zero-order valence-corrected chi connectivity index (χ0v) is 13.0. The molecule has 0 fully saturated rings. The average Bonchev–Trinajstić information content (AvgIpc) is 2.84. The monoisotopic (exact) mass is 380 g/mol. The first-order valence-electron chi connectivity index (χ1n) is 5.65. The number of aromatic amines is 1. The predicted octanol–water partition coefficient (Wildman–Crippen LogP) is 2.24. The highest BCUT2D eigenvalue weighted by molar-refractivity contribution is 9.10. The highest BCUT2D eigenvalue weighted by Crippen LogP contribution is 2.25. The predicted molar refractivity (Wildman–Crippen MR) is 81.0 cm³/mol. The molecule has 1 aromatic heterocycles. The van der Waals surface area contributed by atoms with Gasteiger partial charge in [0.2, 0.25) is 0 Å². The first-order chi connectivity index (χ1) is 9.56. The van der Waals surface area contributed by atoms with Crippen LogP contribution in [0.3, 0.4) is 0 Å².